The first-order chi connectivity index (χ1) is 11.6. The highest BCUT2D eigenvalue weighted by atomic mass is 32.2. The van der Waals surface area contributed by atoms with Crippen LogP contribution in [-0.2, 0) is 20.8 Å². The smallest absolute Gasteiger partial charge is 0.379 e. The van der Waals surface area contributed by atoms with Crippen LogP contribution in [0.4, 0.5) is 13.2 Å². The van der Waals surface area contributed by atoms with Gasteiger partial charge in [0.25, 0.3) is 0 Å². The molecule has 0 radical (unpaired) electrons. The van der Waals surface area contributed by atoms with Crippen molar-refractivity contribution in [3.8, 4) is 0 Å². The molecule has 9 heteroatoms. The van der Waals surface area contributed by atoms with Crippen LogP contribution in [0.1, 0.15) is 24.1 Å². The average molecular weight is 378 g/mol. The van der Waals surface area contributed by atoms with Crippen LogP contribution in [0.15, 0.2) is 35.7 Å². The Morgan fingerprint density at radius 1 is 1.32 bits per heavy atom. The van der Waals surface area contributed by atoms with E-state index >= 15 is 0 Å². The summed E-state index contributed by atoms with van der Waals surface area (Å²) in [5.74, 6) is 0. The van der Waals surface area contributed by atoms with Gasteiger partial charge in [-0.25, -0.2) is 8.42 Å². The van der Waals surface area contributed by atoms with Crippen LogP contribution in [0.3, 0.4) is 0 Å². The number of sulfone groups is 1. The Morgan fingerprint density at radius 3 is 2.40 bits per heavy atom. The second-order valence-corrected chi connectivity index (χ2v) is 7.87. The first kappa shape index (κ1) is 19.9. The van der Waals surface area contributed by atoms with Gasteiger partial charge in [-0.05, 0) is 24.6 Å². The second-order valence-electron chi connectivity index (χ2n) is 5.86. The Balaban J connectivity index is 2.55. The highest BCUT2D eigenvalue weighted by Gasteiger charge is 2.41. The third-order valence-electron chi connectivity index (χ3n) is 4.07. The van der Waals surface area contributed by atoms with E-state index in [1.54, 1.807) is 4.90 Å². The van der Waals surface area contributed by atoms with E-state index in [2.05, 4.69) is 6.58 Å². The lowest BCUT2D eigenvalue weighted by Crippen LogP contribution is -2.46. The fourth-order valence-corrected chi connectivity index (χ4v) is 4.59. The van der Waals surface area contributed by atoms with Crippen LogP contribution < -0.4 is 5.73 Å². The van der Waals surface area contributed by atoms with Gasteiger partial charge in [0.15, 0.2) is 9.84 Å². The van der Waals surface area contributed by atoms with Crippen molar-refractivity contribution in [3.63, 3.8) is 0 Å². The molecule has 0 aromatic heterocycles. The second kappa shape index (κ2) is 7.45. The Bertz CT molecular complexity index is 727. The lowest BCUT2D eigenvalue weighted by molar-refractivity contribution is -0.140. The van der Waals surface area contributed by atoms with Crippen LogP contribution in [0, 0.1) is 0 Å². The molecule has 0 saturated carbocycles. The zero-order valence-corrected chi connectivity index (χ0v) is 14.6. The van der Waals surface area contributed by atoms with E-state index in [4.69, 9.17) is 10.5 Å². The lowest BCUT2D eigenvalue weighted by Gasteiger charge is -2.32. The molecule has 1 fully saturated rings. The number of alkyl halides is 3. The number of benzene rings is 1. The molecule has 1 heterocycles. The van der Waals surface area contributed by atoms with E-state index in [9.17, 15) is 21.6 Å². The van der Waals surface area contributed by atoms with Crippen molar-refractivity contribution in [2.24, 2.45) is 5.73 Å². The quantitative estimate of drug-likeness (QED) is 0.797. The molecule has 1 aromatic carbocycles. The number of ether oxygens (including phenoxy) is 1. The first-order valence-electron chi connectivity index (χ1n) is 7.74. The molecular weight excluding hydrogens is 357 g/mol. The van der Waals surface area contributed by atoms with Crippen molar-refractivity contribution in [1.82, 2.24) is 4.90 Å². The number of hydrogen-bond donors (Lipinski definition) is 1. The fourth-order valence-electron chi connectivity index (χ4n) is 2.73. The largest absolute Gasteiger partial charge is 0.417 e. The highest BCUT2D eigenvalue weighted by molar-refractivity contribution is 7.92. The molecule has 2 unspecified atom stereocenters. The Morgan fingerprint density at radius 2 is 1.92 bits per heavy atom. The summed E-state index contributed by atoms with van der Waals surface area (Å²) >= 11 is 0. The number of nitrogens with two attached hydrogens (primary N) is 1. The van der Waals surface area contributed by atoms with Gasteiger partial charge in [-0.2, -0.15) is 13.2 Å². The van der Waals surface area contributed by atoms with Crippen molar-refractivity contribution in [1.29, 1.82) is 0 Å². The molecule has 140 valence electrons. The molecule has 0 bridgehead atoms. The third-order valence-corrected chi connectivity index (χ3v) is 6.16. The summed E-state index contributed by atoms with van der Waals surface area (Å²) in [6.07, 6.45) is -3.66. The number of morpholine rings is 1. The summed E-state index contributed by atoms with van der Waals surface area (Å²) in [7, 11) is -4.32. The average Bonchev–Trinajstić information content (AvgIpc) is 2.55. The van der Waals surface area contributed by atoms with Gasteiger partial charge in [0.1, 0.15) is 5.37 Å². The van der Waals surface area contributed by atoms with Gasteiger partial charge < -0.3 is 10.5 Å². The van der Waals surface area contributed by atoms with Crippen LogP contribution in [0.2, 0.25) is 0 Å². The van der Waals surface area contributed by atoms with Gasteiger partial charge in [-0.15, -0.1) is 6.58 Å². The standard InChI is InChI=1S/C16H21F3N2O3S/c1-3-15(21-6-8-24-9-7-21)25(22,23)14-5-4-12(11(2)20)10-13(14)16(17,18)19/h3-5,10-11,15H,1,6-9,20H2,2H3. The zero-order valence-electron chi connectivity index (χ0n) is 13.8. The molecule has 2 atom stereocenters. The molecule has 1 aliphatic heterocycles. The number of halogens is 3. The molecule has 25 heavy (non-hydrogen) atoms. The maximum Gasteiger partial charge on any atom is 0.417 e. The summed E-state index contributed by atoms with van der Waals surface area (Å²) in [6, 6.07) is 2.45. The first-order valence-corrected chi connectivity index (χ1v) is 9.28. The molecule has 0 spiro atoms. The van der Waals surface area contributed by atoms with Crippen LogP contribution >= 0.6 is 0 Å². The van der Waals surface area contributed by atoms with E-state index in [0.717, 1.165) is 18.2 Å². The van der Waals surface area contributed by atoms with E-state index in [1.807, 2.05) is 0 Å². The van der Waals surface area contributed by atoms with Crippen molar-refractivity contribution in [2.45, 2.75) is 29.4 Å². The van der Waals surface area contributed by atoms with Gasteiger partial charge >= 0.3 is 6.18 Å². The molecule has 5 nitrogen and oxygen atoms in total. The van der Waals surface area contributed by atoms with Crippen molar-refractivity contribution in [3.05, 3.63) is 42.0 Å². The van der Waals surface area contributed by atoms with Gasteiger partial charge in [-0.1, -0.05) is 12.1 Å². The van der Waals surface area contributed by atoms with Gasteiger partial charge in [0.2, 0.25) is 0 Å². The molecule has 2 rings (SSSR count). The molecule has 1 aliphatic rings. The summed E-state index contributed by atoms with van der Waals surface area (Å²) in [6.45, 7) is 6.27. The van der Waals surface area contributed by atoms with Crippen molar-refractivity contribution < 1.29 is 26.3 Å². The highest BCUT2D eigenvalue weighted by Crippen LogP contribution is 2.37. The Hall–Kier alpha value is -1.42. The molecule has 0 amide bonds. The molecule has 1 aromatic rings. The van der Waals surface area contributed by atoms with E-state index < -0.39 is 37.9 Å². The Labute approximate surface area is 145 Å². The topological polar surface area (TPSA) is 72.6 Å². The van der Waals surface area contributed by atoms with E-state index in [1.165, 1.54) is 13.0 Å². The maximum absolute atomic E-state index is 13.5. The van der Waals surface area contributed by atoms with Crippen LogP contribution in [-0.4, -0.2) is 45.0 Å². The third kappa shape index (κ3) is 4.22. The SMILES string of the molecule is C=CC(N1CCOCC1)S(=O)(=O)c1ccc(C(C)N)cc1C(F)(F)F. The summed E-state index contributed by atoms with van der Waals surface area (Å²) in [4.78, 5) is 0.784. The summed E-state index contributed by atoms with van der Waals surface area (Å²) in [5, 5.41) is -1.25. The fraction of sp³-hybridized carbons (Fsp3) is 0.500. The molecule has 0 aliphatic carbocycles. The summed E-state index contributed by atoms with van der Waals surface area (Å²) < 4.78 is 71.4. The number of nitrogens with zero attached hydrogens (tertiary/aromatic N) is 1. The normalized spacial score (nSPS) is 19.4. The van der Waals surface area contributed by atoms with E-state index in [-0.39, 0.29) is 5.56 Å². The van der Waals surface area contributed by atoms with Crippen molar-refractivity contribution >= 4 is 9.84 Å². The molecular formula is C16H21F3N2O3S. The minimum Gasteiger partial charge on any atom is -0.379 e. The molecule has 1 saturated heterocycles. The predicted molar refractivity (Wildman–Crippen MR) is 87.6 cm³/mol. The number of rotatable bonds is 5. The zero-order chi connectivity index (χ0) is 18.8. The van der Waals surface area contributed by atoms with Gasteiger partial charge in [0.05, 0.1) is 23.7 Å². The lowest BCUT2D eigenvalue weighted by atomic mass is 10.1. The maximum atomic E-state index is 13.5. The summed E-state index contributed by atoms with van der Waals surface area (Å²) in [5.41, 5.74) is 4.64. The van der Waals surface area contributed by atoms with Gasteiger partial charge in [-0.3, -0.25) is 4.90 Å². The van der Waals surface area contributed by atoms with Crippen molar-refractivity contribution in [2.75, 3.05) is 26.3 Å². The Kier molecular flexibility index (Phi) is 5.93. The van der Waals surface area contributed by atoms with Gasteiger partial charge in [0, 0.05) is 19.1 Å². The minimum atomic E-state index is -4.82. The van der Waals surface area contributed by atoms with Crippen LogP contribution in [0.25, 0.3) is 0 Å². The monoisotopic (exact) mass is 378 g/mol. The molecule has 2 N–H and O–H groups in total. The predicted octanol–water partition coefficient (Wildman–Crippen LogP) is 2.34. The minimum absolute atomic E-state index is 0.216. The number of hydrogen-bond acceptors (Lipinski definition) is 5. The van der Waals surface area contributed by atoms with E-state index in [0.29, 0.717) is 26.3 Å². The van der Waals surface area contributed by atoms with Crippen LogP contribution in [0.5, 0.6) is 0 Å².